The fourth-order valence-electron chi connectivity index (χ4n) is 1.37. The van der Waals surface area contributed by atoms with Crippen LogP contribution in [0.2, 0.25) is 5.15 Å². The number of nitrogens with zero attached hydrogens (tertiary/aromatic N) is 3. The molecule has 2 heterocycles. The fourth-order valence-corrected chi connectivity index (χ4v) is 2.73. The van der Waals surface area contributed by atoms with E-state index in [9.17, 15) is 8.42 Å². The van der Waals surface area contributed by atoms with Gasteiger partial charge in [-0.3, -0.25) is 4.72 Å². The van der Waals surface area contributed by atoms with Crippen molar-refractivity contribution in [3.8, 4) is 0 Å². The highest BCUT2D eigenvalue weighted by molar-refractivity contribution is 7.92. The number of H-pyrrole nitrogens is 1. The molecule has 98 valence electrons. The zero-order valence-corrected chi connectivity index (χ0v) is 11.2. The molecule has 9 heteroatoms. The maximum atomic E-state index is 11.7. The number of hydrogen-bond donors (Lipinski definition) is 2. The van der Waals surface area contributed by atoms with Gasteiger partial charge in [0.1, 0.15) is 5.52 Å². The van der Waals surface area contributed by atoms with E-state index in [4.69, 9.17) is 11.6 Å². The topological polar surface area (TPSA) is 101 Å². The van der Waals surface area contributed by atoms with Gasteiger partial charge in [0.2, 0.25) is 16.0 Å². The van der Waals surface area contributed by atoms with Gasteiger partial charge in [-0.05, 0) is 6.42 Å². The maximum Gasteiger partial charge on any atom is 0.240 e. The lowest BCUT2D eigenvalue weighted by molar-refractivity contribution is 0.597. The average molecular weight is 290 g/mol. The van der Waals surface area contributed by atoms with Crippen LogP contribution in [0.25, 0.3) is 11.2 Å². The van der Waals surface area contributed by atoms with Gasteiger partial charge >= 0.3 is 0 Å². The molecule has 2 N–H and O–H groups in total. The molecule has 2 aromatic rings. The third-order valence-corrected chi connectivity index (χ3v) is 3.85. The van der Waals surface area contributed by atoms with Crippen molar-refractivity contribution in [3.63, 3.8) is 0 Å². The number of aromatic nitrogens is 4. The normalized spacial score (nSPS) is 11.9. The van der Waals surface area contributed by atoms with Crippen LogP contribution in [0.1, 0.15) is 19.8 Å². The quantitative estimate of drug-likeness (QED) is 0.813. The van der Waals surface area contributed by atoms with Crippen molar-refractivity contribution in [2.45, 2.75) is 19.8 Å². The van der Waals surface area contributed by atoms with Crippen molar-refractivity contribution < 1.29 is 8.42 Å². The van der Waals surface area contributed by atoms with E-state index in [0.717, 1.165) is 6.42 Å². The van der Waals surface area contributed by atoms with Crippen molar-refractivity contribution in [1.29, 1.82) is 0 Å². The summed E-state index contributed by atoms with van der Waals surface area (Å²) in [5.74, 6) is -0.0287. The second-order valence-electron chi connectivity index (χ2n) is 3.71. The number of nitrogens with one attached hydrogen (secondary N) is 2. The molecule has 0 atom stereocenters. The first-order valence-electron chi connectivity index (χ1n) is 5.39. The molecule has 0 aliphatic rings. The van der Waals surface area contributed by atoms with E-state index >= 15 is 0 Å². The molecule has 0 bridgehead atoms. The van der Waals surface area contributed by atoms with E-state index in [0.29, 0.717) is 17.6 Å². The molecule has 0 unspecified atom stereocenters. The highest BCUT2D eigenvalue weighted by Crippen LogP contribution is 2.18. The Hall–Kier alpha value is -1.41. The Labute approximate surface area is 109 Å². The predicted octanol–water partition coefficient (Wildman–Crippen LogP) is 1.55. The Kier molecular flexibility index (Phi) is 3.67. The molecule has 0 amide bonds. The number of rotatable bonds is 5. The van der Waals surface area contributed by atoms with E-state index in [-0.39, 0.29) is 16.9 Å². The lowest BCUT2D eigenvalue weighted by atomic mass is 10.4. The van der Waals surface area contributed by atoms with Crippen LogP contribution in [-0.2, 0) is 10.0 Å². The number of aromatic amines is 1. The molecule has 0 radical (unpaired) electrons. The summed E-state index contributed by atoms with van der Waals surface area (Å²) in [6.07, 6.45) is 2.79. The lowest BCUT2D eigenvalue weighted by Crippen LogP contribution is -2.18. The minimum Gasteiger partial charge on any atom is -0.341 e. The Bertz CT molecular complexity index is 654. The molecule has 0 saturated carbocycles. The summed E-state index contributed by atoms with van der Waals surface area (Å²) >= 11 is 5.88. The van der Waals surface area contributed by atoms with E-state index < -0.39 is 10.0 Å². The summed E-state index contributed by atoms with van der Waals surface area (Å²) in [7, 11) is -3.44. The molecule has 0 fully saturated rings. The Balaban J connectivity index is 2.26. The van der Waals surface area contributed by atoms with Crippen LogP contribution in [0.15, 0.2) is 6.33 Å². The second-order valence-corrected chi connectivity index (χ2v) is 5.91. The lowest BCUT2D eigenvalue weighted by Gasteiger charge is -2.05. The first kappa shape index (κ1) is 13.0. The molecule has 0 saturated heterocycles. The molecule has 2 aromatic heterocycles. The van der Waals surface area contributed by atoms with E-state index in [2.05, 4.69) is 24.7 Å². The molecule has 7 nitrogen and oxygen atoms in total. The van der Waals surface area contributed by atoms with Crippen molar-refractivity contribution in [2.75, 3.05) is 10.5 Å². The fraction of sp³-hybridized carbons (Fsp3) is 0.444. The molecule has 18 heavy (non-hydrogen) atoms. The molecule has 0 aliphatic heterocycles. The van der Waals surface area contributed by atoms with Crippen LogP contribution in [-0.4, -0.2) is 34.1 Å². The number of halogens is 1. The van der Waals surface area contributed by atoms with Gasteiger partial charge in [0.25, 0.3) is 0 Å². The third kappa shape index (κ3) is 2.88. The number of fused-ring (bicyclic) bond motifs is 1. The van der Waals surface area contributed by atoms with Gasteiger partial charge < -0.3 is 4.98 Å². The SMILES string of the molecule is CCCCS(=O)(=O)Nc1nc(Cl)c2[nH]cnc2n1. The molecule has 0 aromatic carbocycles. The first-order chi connectivity index (χ1) is 8.52. The number of unbranched alkanes of at least 4 members (excludes halogenated alkanes) is 1. The molecular weight excluding hydrogens is 278 g/mol. The Morgan fingerprint density at radius 1 is 1.44 bits per heavy atom. The second kappa shape index (κ2) is 5.07. The van der Waals surface area contributed by atoms with Crippen LogP contribution < -0.4 is 4.72 Å². The van der Waals surface area contributed by atoms with Crippen molar-refractivity contribution >= 4 is 38.7 Å². The average Bonchev–Trinajstić information content (AvgIpc) is 2.74. The summed E-state index contributed by atoms with van der Waals surface area (Å²) in [4.78, 5) is 14.5. The molecule has 0 aliphatic carbocycles. The molecule has 0 spiro atoms. The summed E-state index contributed by atoms with van der Waals surface area (Å²) in [6.45, 7) is 1.92. The van der Waals surface area contributed by atoms with Gasteiger partial charge in [0.15, 0.2) is 10.8 Å². The van der Waals surface area contributed by atoms with Crippen molar-refractivity contribution in [1.82, 2.24) is 19.9 Å². The maximum absolute atomic E-state index is 11.7. The van der Waals surface area contributed by atoms with Crippen LogP contribution >= 0.6 is 11.6 Å². The number of imidazole rings is 1. The monoisotopic (exact) mass is 289 g/mol. The standard InChI is InChI=1S/C9H12ClN5O2S/c1-2-3-4-18(16,17)15-9-13-7(10)6-8(14-9)12-5-11-6/h5H,2-4H2,1H3,(H2,11,12,13,14,15). The van der Waals surface area contributed by atoms with Gasteiger partial charge in [-0.15, -0.1) is 0 Å². The Morgan fingerprint density at radius 3 is 2.94 bits per heavy atom. The highest BCUT2D eigenvalue weighted by Gasteiger charge is 2.14. The van der Waals surface area contributed by atoms with E-state index in [1.165, 1.54) is 6.33 Å². The van der Waals surface area contributed by atoms with Gasteiger partial charge in [-0.2, -0.15) is 9.97 Å². The third-order valence-electron chi connectivity index (χ3n) is 2.25. The van der Waals surface area contributed by atoms with Gasteiger partial charge in [-0.1, -0.05) is 24.9 Å². The number of hydrogen-bond acceptors (Lipinski definition) is 5. The van der Waals surface area contributed by atoms with Gasteiger partial charge in [0.05, 0.1) is 12.1 Å². The van der Waals surface area contributed by atoms with Crippen LogP contribution in [0.3, 0.4) is 0 Å². The van der Waals surface area contributed by atoms with Crippen LogP contribution in [0, 0.1) is 0 Å². The van der Waals surface area contributed by atoms with E-state index in [1.807, 2.05) is 6.92 Å². The molecule has 2 rings (SSSR count). The zero-order chi connectivity index (χ0) is 13.2. The van der Waals surface area contributed by atoms with Crippen molar-refractivity contribution in [2.24, 2.45) is 0 Å². The minimum atomic E-state index is -3.44. The van der Waals surface area contributed by atoms with Gasteiger partial charge in [0, 0.05) is 0 Å². The van der Waals surface area contributed by atoms with Crippen LogP contribution in [0.4, 0.5) is 5.95 Å². The first-order valence-corrected chi connectivity index (χ1v) is 7.42. The van der Waals surface area contributed by atoms with E-state index in [1.54, 1.807) is 0 Å². The van der Waals surface area contributed by atoms with Crippen LogP contribution in [0.5, 0.6) is 0 Å². The number of anilines is 1. The summed E-state index contributed by atoms with van der Waals surface area (Å²) in [6, 6.07) is 0. The summed E-state index contributed by atoms with van der Waals surface area (Å²) in [5, 5.41) is 0.130. The largest absolute Gasteiger partial charge is 0.341 e. The minimum absolute atomic E-state index is 0.0308. The zero-order valence-electron chi connectivity index (χ0n) is 9.64. The van der Waals surface area contributed by atoms with Crippen molar-refractivity contribution in [3.05, 3.63) is 11.5 Å². The summed E-state index contributed by atoms with van der Waals surface area (Å²) < 4.78 is 25.7. The predicted molar refractivity (Wildman–Crippen MR) is 69.0 cm³/mol. The molecular formula is C9H12ClN5O2S. The smallest absolute Gasteiger partial charge is 0.240 e. The summed E-state index contributed by atoms with van der Waals surface area (Å²) in [5.41, 5.74) is 0.802. The number of sulfonamides is 1. The van der Waals surface area contributed by atoms with Gasteiger partial charge in [-0.25, -0.2) is 13.4 Å². The Morgan fingerprint density at radius 2 is 2.22 bits per heavy atom. The highest BCUT2D eigenvalue weighted by atomic mass is 35.5.